The van der Waals surface area contributed by atoms with Crippen LogP contribution in [0.4, 0.5) is 0 Å². The summed E-state index contributed by atoms with van der Waals surface area (Å²) in [5, 5.41) is 0. The molecule has 0 rings (SSSR count). The second-order valence-electron chi connectivity index (χ2n) is 4.03. The first-order valence-electron chi connectivity index (χ1n) is 5.54. The molecule has 0 spiro atoms. The molecule has 0 heterocycles. The molecule has 14 heavy (non-hydrogen) atoms. The molecular weight excluding hydrogens is 178 g/mol. The van der Waals surface area contributed by atoms with E-state index in [0.717, 1.165) is 32.1 Å². The van der Waals surface area contributed by atoms with E-state index in [1.165, 1.54) is 6.42 Å². The predicted molar refractivity (Wildman–Crippen MR) is 57.9 cm³/mol. The van der Waals surface area contributed by atoms with Crippen molar-refractivity contribution in [3.8, 4) is 0 Å². The van der Waals surface area contributed by atoms with Crippen LogP contribution in [0.5, 0.6) is 0 Å². The number of carbonyl (C=O) groups is 1. The second-order valence-corrected chi connectivity index (χ2v) is 4.03. The molecule has 3 nitrogen and oxygen atoms in total. The number of rotatable bonds is 9. The summed E-state index contributed by atoms with van der Waals surface area (Å²) in [4.78, 5) is 15.8. The van der Waals surface area contributed by atoms with E-state index < -0.39 is 0 Å². The Morgan fingerprint density at radius 1 is 1.36 bits per heavy atom. The van der Waals surface area contributed by atoms with Crippen molar-refractivity contribution in [2.45, 2.75) is 52.6 Å². The molecular formula is C11H23NO2. The van der Waals surface area contributed by atoms with Crippen molar-refractivity contribution in [1.82, 2.24) is 5.48 Å². The predicted octanol–water partition coefficient (Wildman–Crippen LogP) is 2.31. The van der Waals surface area contributed by atoms with Gasteiger partial charge in [0.15, 0.2) is 6.29 Å². The zero-order valence-corrected chi connectivity index (χ0v) is 9.58. The molecule has 0 aliphatic rings. The molecule has 0 radical (unpaired) electrons. The third-order valence-corrected chi connectivity index (χ3v) is 1.97. The number of carbonyl (C=O) groups excluding carboxylic acids is 1. The van der Waals surface area contributed by atoms with Crippen LogP contribution in [-0.4, -0.2) is 18.9 Å². The third kappa shape index (κ3) is 8.20. The van der Waals surface area contributed by atoms with E-state index in [9.17, 15) is 4.79 Å². The summed E-state index contributed by atoms with van der Waals surface area (Å²) in [6, 6.07) is 0. The number of unbranched alkanes of at least 4 members (excludes halogenated alkanes) is 2. The van der Waals surface area contributed by atoms with Crippen LogP contribution in [0, 0.1) is 5.92 Å². The molecule has 84 valence electrons. The van der Waals surface area contributed by atoms with Gasteiger partial charge in [-0.3, -0.25) is 4.84 Å². The molecule has 0 fully saturated rings. The molecule has 1 N–H and O–H groups in total. The maximum atomic E-state index is 10.6. The van der Waals surface area contributed by atoms with Gasteiger partial charge in [-0.15, -0.1) is 0 Å². The number of hydrogen-bond donors (Lipinski definition) is 1. The van der Waals surface area contributed by atoms with Crippen molar-refractivity contribution in [2.24, 2.45) is 5.92 Å². The lowest BCUT2D eigenvalue weighted by atomic mass is 10.1. The lowest BCUT2D eigenvalue weighted by Crippen LogP contribution is -2.28. The smallest absolute Gasteiger partial charge is 0.150 e. The number of hydrogen-bond acceptors (Lipinski definition) is 3. The van der Waals surface area contributed by atoms with Gasteiger partial charge < -0.3 is 4.79 Å². The molecule has 0 aromatic rings. The molecule has 0 aliphatic heterocycles. The number of nitrogens with one attached hydrogen (secondary N) is 1. The van der Waals surface area contributed by atoms with Crippen molar-refractivity contribution in [2.75, 3.05) is 6.54 Å². The molecule has 0 aliphatic carbocycles. The van der Waals surface area contributed by atoms with Crippen LogP contribution in [0.15, 0.2) is 0 Å². The normalized spacial score (nSPS) is 13.1. The summed E-state index contributed by atoms with van der Waals surface area (Å²) in [7, 11) is 0. The lowest BCUT2D eigenvalue weighted by molar-refractivity contribution is -0.124. The van der Waals surface area contributed by atoms with E-state index >= 15 is 0 Å². The zero-order chi connectivity index (χ0) is 10.8. The molecule has 0 bridgehead atoms. The van der Waals surface area contributed by atoms with E-state index in [1.807, 2.05) is 0 Å². The van der Waals surface area contributed by atoms with Crippen LogP contribution in [0.2, 0.25) is 0 Å². The Kier molecular flexibility index (Phi) is 8.89. The molecule has 0 aromatic carbocycles. The largest absolute Gasteiger partial charge is 0.300 e. The highest BCUT2D eigenvalue weighted by atomic mass is 16.7. The van der Waals surface area contributed by atoms with Gasteiger partial charge in [0.05, 0.1) is 0 Å². The van der Waals surface area contributed by atoms with Crippen molar-refractivity contribution in [1.29, 1.82) is 0 Å². The van der Waals surface area contributed by atoms with E-state index in [1.54, 1.807) is 0 Å². The Morgan fingerprint density at radius 2 is 2.07 bits per heavy atom. The van der Waals surface area contributed by atoms with Crippen LogP contribution < -0.4 is 5.48 Å². The molecule has 0 saturated carbocycles. The van der Waals surface area contributed by atoms with Crippen molar-refractivity contribution >= 4 is 6.29 Å². The summed E-state index contributed by atoms with van der Waals surface area (Å²) in [6.07, 6.45) is 4.82. The van der Waals surface area contributed by atoms with Crippen molar-refractivity contribution in [3.05, 3.63) is 0 Å². The quantitative estimate of drug-likeness (QED) is 0.353. The maximum Gasteiger partial charge on any atom is 0.150 e. The van der Waals surface area contributed by atoms with E-state index in [-0.39, 0.29) is 6.10 Å². The fraction of sp³-hybridized carbons (Fsp3) is 0.909. The van der Waals surface area contributed by atoms with Crippen LogP contribution >= 0.6 is 0 Å². The molecule has 1 unspecified atom stereocenters. The highest BCUT2D eigenvalue weighted by Gasteiger charge is 2.07. The van der Waals surface area contributed by atoms with E-state index in [2.05, 4.69) is 26.3 Å². The van der Waals surface area contributed by atoms with Gasteiger partial charge in [-0.2, -0.15) is 0 Å². The molecule has 0 saturated heterocycles. The van der Waals surface area contributed by atoms with Gasteiger partial charge in [0.25, 0.3) is 0 Å². The first-order chi connectivity index (χ1) is 6.70. The number of hydroxylamine groups is 1. The summed E-state index contributed by atoms with van der Waals surface area (Å²) in [5.74, 6) is 0.540. The van der Waals surface area contributed by atoms with Crippen LogP contribution in [0.3, 0.4) is 0 Å². The molecule has 1 atom stereocenters. The first kappa shape index (κ1) is 13.6. The Labute approximate surface area is 87.2 Å². The Hall–Kier alpha value is -0.410. The Bertz CT molecular complexity index is 137. The second kappa shape index (κ2) is 9.16. The topological polar surface area (TPSA) is 38.3 Å². The van der Waals surface area contributed by atoms with Gasteiger partial charge in [0, 0.05) is 6.54 Å². The summed E-state index contributed by atoms with van der Waals surface area (Å²) >= 11 is 0. The monoisotopic (exact) mass is 201 g/mol. The maximum absolute atomic E-state index is 10.6. The molecule has 0 amide bonds. The average Bonchev–Trinajstić information content (AvgIpc) is 2.15. The minimum absolute atomic E-state index is 0.278. The van der Waals surface area contributed by atoms with Crippen LogP contribution in [0.25, 0.3) is 0 Å². The summed E-state index contributed by atoms with van der Waals surface area (Å²) < 4.78 is 0. The Balaban J connectivity index is 3.43. The highest BCUT2D eigenvalue weighted by Crippen LogP contribution is 2.04. The minimum Gasteiger partial charge on any atom is -0.300 e. The van der Waals surface area contributed by atoms with Crippen LogP contribution in [0.1, 0.15) is 46.5 Å². The molecule has 3 heteroatoms. The zero-order valence-electron chi connectivity index (χ0n) is 9.58. The third-order valence-electron chi connectivity index (χ3n) is 1.97. The van der Waals surface area contributed by atoms with Gasteiger partial charge in [0.1, 0.15) is 6.10 Å². The van der Waals surface area contributed by atoms with Gasteiger partial charge in [-0.05, 0) is 12.3 Å². The first-order valence-corrected chi connectivity index (χ1v) is 5.54. The van der Waals surface area contributed by atoms with Crippen LogP contribution in [-0.2, 0) is 9.63 Å². The fourth-order valence-electron chi connectivity index (χ4n) is 1.07. The standard InChI is InChI=1S/C11H23NO2/c1-4-5-6-7-11(9-13)14-12-8-10(2)3/h9-12H,4-8H2,1-3H3. The van der Waals surface area contributed by atoms with Gasteiger partial charge in [-0.25, -0.2) is 5.48 Å². The van der Waals surface area contributed by atoms with Crippen molar-refractivity contribution in [3.63, 3.8) is 0 Å². The van der Waals surface area contributed by atoms with Gasteiger partial charge in [-0.1, -0.05) is 40.0 Å². The Morgan fingerprint density at radius 3 is 2.57 bits per heavy atom. The minimum atomic E-state index is -0.278. The van der Waals surface area contributed by atoms with Crippen molar-refractivity contribution < 1.29 is 9.63 Å². The van der Waals surface area contributed by atoms with E-state index in [4.69, 9.17) is 4.84 Å². The van der Waals surface area contributed by atoms with E-state index in [0.29, 0.717) is 5.92 Å². The summed E-state index contributed by atoms with van der Waals surface area (Å²) in [5.41, 5.74) is 2.83. The summed E-state index contributed by atoms with van der Waals surface area (Å²) in [6.45, 7) is 7.14. The SMILES string of the molecule is CCCCCC(C=O)ONCC(C)C. The number of aldehydes is 1. The molecule has 0 aromatic heterocycles. The van der Waals surface area contributed by atoms with Gasteiger partial charge in [0.2, 0.25) is 0 Å². The highest BCUT2D eigenvalue weighted by molar-refractivity contribution is 5.55. The van der Waals surface area contributed by atoms with Gasteiger partial charge >= 0.3 is 0 Å². The average molecular weight is 201 g/mol. The fourth-order valence-corrected chi connectivity index (χ4v) is 1.07. The lowest BCUT2D eigenvalue weighted by Gasteiger charge is -2.13.